The summed E-state index contributed by atoms with van der Waals surface area (Å²) in [5, 5.41) is 0.955. The molecule has 6 nitrogen and oxygen atoms in total. The van der Waals surface area contributed by atoms with Gasteiger partial charge in [-0.3, -0.25) is 14.6 Å². The molecule has 1 amide bonds. The minimum absolute atomic E-state index is 0.0471. The van der Waals surface area contributed by atoms with Gasteiger partial charge in [-0.25, -0.2) is 0 Å². The first-order chi connectivity index (χ1) is 19.8. The lowest BCUT2D eigenvalue weighted by molar-refractivity contribution is -0.143. The molecule has 0 saturated carbocycles. The van der Waals surface area contributed by atoms with E-state index in [4.69, 9.17) is 4.74 Å². The number of aromatic amines is 1. The number of benzene rings is 2. The summed E-state index contributed by atoms with van der Waals surface area (Å²) >= 11 is 0. The zero-order valence-electron chi connectivity index (χ0n) is 23.4. The van der Waals surface area contributed by atoms with Gasteiger partial charge in [-0.15, -0.1) is 0 Å². The molecular formula is C30H34F6N4O2. The molecule has 0 radical (unpaired) electrons. The van der Waals surface area contributed by atoms with Gasteiger partial charge in [-0.1, -0.05) is 18.2 Å². The maximum atomic E-state index is 13.7. The molecule has 42 heavy (non-hydrogen) atoms. The molecule has 5 rings (SSSR count). The van der Waals surface area contributed by atoms with Gasteiger partial charge < -0.3 is 14.6 Å². The van der Waals surface area contributed by atoms with E-state index < -0.39 is 41.0 Å². The van der Waals surface area contributed by atoms with Crippen molar-refractivity contribution in [1.29, 1.82) is 0 Å². The van der Waals surface area contributed by atoms with Crippen LogP contribution in [-0.4, -0.2) is 89.7 Å². The average Bonchev–Trinajstić information content (AvgIpc) is 3.32. The van der Waals surface area contributed by atoms with Crippen molar-refractivity contribution in [2.24, 2.45) is 0 Å². The van der Waals surface area contributed by atoms with Crippen molar-refractivity contribution in [3.8, 4) is 0 Å². The number of amides is 1. The molecule has 0 bridgehead atoms. The second kappa shape index (κ2) is 11.9. The van der Waals surface area contributed by atoms with E-state index in [-0.39, 0.29) is 24.8 Å². The van der Waals surface area contributed by atoms with Gasteiger partial charge in [0.1, 0.15) is 0 Å². The molecule has 0 aliphatic carbocycles. The van der Waals surface area contributed by atoms with Crippen LogP contribution in [0.15, 0.2) is 48.7 Å². The minimum Gasteiger partial charge on any atom is -0.373 e. The van der Waals surface area contributed by atoms with Gasteiger partial charge in [0.25, 0.3) is 5.91 Å². The molecule has 3 heterocycles. The Bertz CT molecular complexity index is 1360. The van der Waals surface area contributed by atoms with Crippen LogP contribution in [0.25, 0.3) is 10.9 Å². The highest BCUT2D eigenvalue weighted by Crippen LogP contribution is 2.37. The predicted octanol–water partition coefficient (Wildman–Crippen LogP) is 5.68. The molecule has 2 aliphatic heterocycles. The van der Waals surface area contributed by atoms with E-state index in [2.05, 4.69) is 14.8 Å². The summed E-state index contributed by atoms with van der Waals surface area (Å²) in [6.45, 7) is 8.24. The first-order valence-electron chi connectivity index (χ1n) is 14.0. The summed E-state index contributed by atoms with van der Waals surface area (Å²) in [5.41, 5.74) is -1.79. The molecule has 228 valence electrons. The van der Waals surface area contributed by atoms with Crippen molar-refractivity contribution in [2.45, 2.75) is 50.9 Å². The third-order valence-corrected chi connectivity index (χ3v) is 8.02. The summed E-state index contributed by atoms with van der Waals surface area (Å²) in [6, 6.07) is 8.27. The number of piperazine rings is 1. The number of alkyl halides is 6. The number of halogens is 6. The van der Waals surface area contributed by atoms with Crippen LogP contribution in [0.4, 0.5) is 26.3 Å². The Balaban J connectivity index is 1.41. The maximum absolute atomic E-state index is 13.7. The highest BCUT2D eigenvalue weighted by atomic mass is 19.4. The fourth-order valence-electron chi connectivity index (χ4n) is 6.11. The average molecular weight is 597 g/mol. The molecule has 1 N–H and O–H groups in total. The number of ether oxygens (including phenoxy) is 1. The predicted molar refractivity (Wildman–Crippen MR) is 146 cm³/mol. The first-order valence-corrected chi connectivity index (χ1v) is 14.0. The second-order valence-electron chi connectivity index (χ2n) is 11.3. The molecule has 3 aromatic rings. The number of fused-ring (bicyclic) bond motifs is 1. The summed E-state index contributed by atoms with van der Waals surface area (Å²) in [6.07, 6.45) is -7.60. The quantitative estimate of drug-likeness (QED) is 0.372. The third-order valence-electron chi connectivity index (χ3n) is 8.02. The van der Waals surface area contributed by atoms with Crippen LogP contribution >= 0.6 is 0 Å². The van der Waals surface area contributed by atoms with E-state index in [1.54, 1.807) is 0 Å². The van der Waals surface area contributed by atoms with E-state index in [1.807, 2.05) is 44.3 Å². The summed E-state index contributed by atoms with van der Waals surface area (Å²) in [5.74, 6) is -0.841. The largest absolute Gasteiger partial charge is 0.416 e. The number of morpholine rings is 1. The third kappa shape index (κ3) is 6.92. The Kier molecular flexibility index (Phi) is 8.60. The van der Waals surface area contributed by atoms with Crippen LogP contribution in [0.3, 0.4) is 0 Å². The standard InChI is InChI=1S/C30H34F6N4O2/c1-19-16-39(17-20(2)42-19)8-7-38-9-10-40(25(18-38)13-22-15-37-27-6-4-3-5-26(22)27)28(41)21-11-23(29(31,32)33)14-24(12-21)30(34,35)36/h3-6,11-12,14-15,19-20,25,37H,7-10,13,16-18H2,1-2H3/t19-,20+,25-/m1/s1. The summed E-state index contributed by atoms with van der Waals surface area (Å²) in [4.78, 5) is 22.9. The first kappa shape index (κ1) is 30.4. The number of aromatic nitrogens is 1. The Morgan fingerprint density at radius 1 is 0.881 bits per heavy atom. The van der Waals surface area contributed by atoms with E-state index in [0.717, 1.165) is 36.1 Å². The summed E-state index contributed by atoms with van der Waals surface area (Å²) in [7, 11) is 0. The number of carbonyl (C=O) groups excluding carboxylic acids is 1. The second-order valence-corrected chi connectivity index (χ2v) is 11.3. The monoisotopic (exact) mass is 596 g/mol. The Labute approximate surface area is 240 Å². The van der Waals surface area contributed by atoms with Crippen LogP contribution in [0.5, 0.6) is 0 Å². The molecule has 2 aliphatic rings. The number of nitrogens with one attached hydrogen (secondary N) is 1. The molecule has 3 atom stereocenters. The Morgan fingerprint density at radius 2 is 1.50 bits per heavy atom. The highest BCUT2D eigenvalue weighted by Gasteiger charge is 2.39. The summed E-state index contributed by atoms with van der Waals surface area (Å²) < 4.78 is 87.1. The SMILES string of the molecule is C[C@@H]1CN(CCN2CCN(C(=O)c3cc(C(F)(F)F)cc(C(F)(F)F)c3)[C@H](Cc3c[nH]c4ccccc34)C2)C[C@H](C)O1. The number of nitrogens with zero attached hydrogens (tertiary/aromatic N) is 3. The molecule has 2 saturated heterocycles. The van der Waals surface area contributed by atoms with Crippen molar-refractivity contribution in [2.75, 3.05) is 45.8 Å². The van der Waals surface area contributed by atoms with Gasteiger partial charge in [0.05, 0.1) is 23.3 Å². The molecule has 0 unspecified atom stereocenters. The van der Waals surface area contributed by atoms with Crippen molar-refractivity contribution in [3.63, 3.8) is 0 Å². The normalized spacial score (nSPS) is 23.0. The molecular weight excluding hydrogens is 562 g/mol. The minimum atomic E-state index is -5.03. The van der Waals surface area contributed by atoms with Crippen molar-refractivity contribution in [1.82, 2.24) is 19.7 Å². The van der Waals surface area contributed by atoms with Gasteiger partial charge in [0, 0.05) is 74.5 Å². The molecule has 12 heteroatoms. The topological polar surface area (TPSA) is 51.8 Å². The van der Waals surface area contributed by atoms with Gasteiger partial charge in [0.15, 0.2) is 0 Å². The lowest BCUT2D eigenvalue weighted by Crippen LogP contribution is -2.57. The number of hydrogen-bond donors (Lipinski definition) is 1. The van der Waals surface area contributed by atoms with Gasteiger partial charge >= 0.3 is 12.4 Å². The maximum Gasteiger partial charge on any atom is 0.416 e. The Hall–Kier alpha value is -3.09. The van der Waals surface area contributed by atoms with Crippen molar-refractivity contribution in [3.05, 3.63) is 70.9 Å². The fraction of sp³-hybridized carbons (Fsp3) is 0.500. The van der Waals surface area contributed by atoms with Gasteiger partial charge in [-0.2, -0.15) is 26.3 Å². The number of hydrogen-bond acceptors (Lipinski definition) is 4. The van der Waals surface area contributed by atoms with Crippen molar-refractivity contribution >= 4 is 16.8 Å². The van der Waals surface area contributed by atoms with Gasteiger partial charge in [-0.05, 0) is 50.1 Å². The van der Waals surface area contributed by atoms with Crippen LogP contribution in [0, 0.1) is 0 Å². The smallest absolute Gasteiger partial charge is 0.373 e. The molecule has 1 aromatic heterocycles. The zero-order chi connectivity index (χ0) is 30.2. The number of H-pyrrole nitrogens is 1. The number of rotatable bonds is 6. The van der Waals surface area contributed by atoms with Crippen LogP contribution in [0.1, 0.15) is 40.9 Å². The molecule has 2 aromatic carbocycles. The van der Waals surface area contributed by atoms with Crippen LogP contribution in [0.2, 0.25) is 0 Å². The van der Waals surface area contributed by atoms with E-state index in [0.29, 0.717) is 38.2 Å². The molecule has 2 fully saturated rings. The van der Waals surface area contributed by atoms with Gasteiger partial charge in [0.2, 0.25) is 0 Å². The van der Waals surface area contributed by atoms with Crippen LogP contribution < -0.4 is 0 Å². The molecule has 0 spiro atoms. The lowest BCUT2D eigenvalue weighted by atomic mass is 9.98. The number of para-hydroxylation sites is 1. The van der Waals surface area contributed by atoms with Crippen LogP contribution in [-0.2, 0) is 23.5 Å². The van der Waals surface area contributed by atoms with E-state index in [9.17, 15) is 31.1 Å². The van der Waals surface area contributed by atoms with E-state index >= 15 is 0 Å². The lowest BCUT2D eigenvalue weighted by Gasteiger charge is -2.43. The fourth-order valence-corrected chi connectivity index (χ4v) is 6.11. The Morgan fingerprint density at radius 3 is 2.14 bits per heavy atom. The number of carbonyl (C=O) groups is 1. The van der Waals surface area contributed by atoms with E-state index in [1.165, 1.54) is 4.90 Å². The highest BCUT2D eigenvalue weighted by molar-refractivity contribution is 5.95. The van der Waals surface area contributed by atoms with Crippen molar-refractivity contribution < 1.29 is 35.9 Å². The zero-order valence-corrected chi connectivity index (χ0v) is 23.4.